The first-order valence-electron chi connectivity index (χ1n) is 15.5. The van der Waals surface area contributed by atoms with E-state index < -0.39 is 41.6 Å². The van der Waals surface area contributed by atoms with Crippen LogP contribution in [-0.4, -0.2) is 72.9 Å². The minimum Gasteiger partial charge on any atom is -0.458 e. The molecule has 0 aromatic heterocycles. The van der Waals surface area contributed by atoms with Crippen LogP contribution in [0.3, 0.4) is 0 Å². The van der Waals surface area contributed by atoms with E-state index in [0.717, 1.165) is 25.7 Å². The maximum absolute atomic E-state index is 13.2. The molecule has 0 bridgehead atoms. The molecule has 4 fully saturated rings. The lowest BCUT2D eigenvalue weighted by Crippen LogP contribution is -2.62. The topological polar surface area (TPSA) is 109 Å². The SMILES string of the molecule is C=C1CCC2[C@]3(C)COC(C)(C)O[C@@H]3CC[C@@]2(C)[C@@H]1C/C=C1\C(=O)OCC1OC(=O)C(CCSC)NC(=O)OC(C)(C)C. The number of ether oxygens (including phenoxy) is 5. The van der Waals surface area contributed by atoms with Gasteiger partial charge in [0.05, 0.1) is 18.3 Å². The first-order valence-corrected chi connectivity index (χ1v) is 16.9. The monoisotopic (exact) mass is 621 g/mol. The summed E-state index contributed by atoms with van der Waals surface area (Å²) in [6, 6.07) is -0.905. The number of fused-ring (bicyclic) bond motifs is 3. The molecule has 2 saturated carbocycles. The largest absolute Gasteiger partial charge is 0.458 e. The summed E-state index contributed by atoms with van der Waals surface area (Å²) in [7, 11) is 0. The summed E-state index contributed by atoms with van der Waals surface area (Å²) in [5.41, 5.74) is 0.683. The molecule has 0 aromatic rings. The minimum atomic E-state index is -0.905. The van der Waals surface area contributed by atoms with Gasteiger partial charge in [-0.1, -0.05) is 32.1 Å². The fraction of sp³-hybridized carbons (Fsp3) is 0.788. The Kier molecular flexibility index (Phi) is 10.0. The van der Waals surface area contributed by atoms with Crippen molar-refractivity contribution in [2.75, 3.05) is 25.2 Å². The second-order valence-corrected chi connectivity index (χ2v) is 15.5. The minimum absolute atomic E-state index is 0.0409. The van der Waals surface area contributed by atoms with Gasteiger partial charge in [0.15, 0.2) is 11.9 Å². The first-order chi connectivity index (χ1) is 20.0. The molecule has 1 amide bonds. The number of hydrogen-bond donors (Lipinski definition) is 1. The van der Waals surface area contributed by atoms with Crippen molar-refractivity contribution in [3.63, 3.8) is 0 Å². The number of carbonyl (C=O) groups is 3. The Morgan fingerprint density at radius 1 is 1.19 bits per heavy atom. The average molecular weight is 622 g/mol. The summed E-state index contributed by atoms with van der Waals surface area (Å²) < 4.78 is 29.1. The summed E-state index contributed by atoms with van der Waals surface area (Å²) in [6.45, 7) is 19.0. The lowest BCUT2D eigenvalue weighted by atomic mass is 9.46. The molecule has 7 atom stereocenters. The summed E-state index contributed by atoms with van der Waals surface area (Å²) in [4.78, 5) is 38.5. The molecule has 0 spiro atoms. The number of rotatable bonds is 8. The predicted molar refractivity (Wildman–Crippen MR) is 165 cm³/mol. The van der Waals surface area contributed by atoms with E-state index in [-0.39, 0.29) is 29.5 Å². The van der Waals surface area contributed by atoms with Crippen molar-refractivity contribution in [1.82, 2.24) is 5.32 Å². The van der Waals surface area contributed by atoms with Crippen LogP contribution >= 0.6 is 11.8 Å². The molecule has 0 aromatic carbocycles. The van der Waals surface area contributed by atoms with Crippen molar-refractivity contribution >= 4 is 29.8 Å². The molecule has 4 aliphatic rings. The van der Waals surface area contributed by atoms with Crippen molar-refractivity contribution in [3.05, 3.63) is 23.8 Å². The second-order valence-electron chi connectivity index (χ2n) is 14.5. The van der Waals surface area contributed by atoms with Gasteiger partial charge in [0, 0.05) is 5.41 Å². The highest BCUT2D eigenvalue weighted by atomic mass is 32.2. The van der Waals surface area contributed by atoms with Gasteiger partial charge in [-0.05, 0) is 102 Å². The molecule has 1 N–H and O–H groups in total. The van der Waals surface area contributed by atoms with Crippen LogP contribution in [0.2, 0.25) is 0 Å². The Balaban J connectivity index is 1.48. The highest BCUT2D eigenvalue weighted by Gasteiger charge is 2.60. The highest BCUT2D eigenvalue weighted by Crippen LogP contribution is 2.63. The summed E-state index contributed by atoms with van der Waals surface area (Å²) in [5, 5.41) is 2.64. The van der Waals surface area contributed by atoms with Crippen LogP contribution in [0.25, 0.3) is 0 Å². The lowest BCUT2D eigenvalue weighted by molar-refractivity contribution is -0.344. The van der Waals surface area contributed by atoms with Crippen LogP contribution in [0.4, 0.5) is 4.79 Å². The summed E-state index contributed by atoms with van der Waals surface area (Å²) in [6.07, 6.45) is 7.28. The van der Waals surface area contributed by atoms with Gasteiger partial charge in [-0.15, -0.1) is 0 Å². The van der Waals surface area contributed by atoms with Gasteiger partial charge >= 0.3 is 18.0 Å². The van der Waals surface area contributed by atoms with Gasteiger partial charge in [-0.2, -0.15) is 11.8 Å². The van der Waals surface area contributed by atoms with Crippen molar-refractivity contribution in [3.8, 4) is 0 Å². The number of alkyl carbamates (subject to hydrolysis) is 1. The fourth-order valence-electron chi connectivity index (χ4n) is 7.67. The highest BCUT2D eigenvalue weighted by molar-refractivity contribution is 7.98. The number of thioether (sulfide) groups is 1. The van der Waals surface area contributed by atoms with E-state index in [9.17, 15) is 14.4 Å². The number of carbonyl (C=O) groups excluding carboxylic acids is 3. The number of amides is 1. The molecule has 0 radical (unpaired) electrons. The lowest BCUT2D eigenvalue weighted by Gasteiger charge is -2.63. The Morgan fingerprint density at radius 3 is 2.58 bits per heavy atom. The molecule has 2 aliphatic heterocycles. The van der Waals surface area contributed by atoms with E-state index >= 15 is 0 Å². The van der Waals surface area contributed by atoms with Gasteiger partial charge in [0.1, 0.15) is 18.2 Å². The molecule has 2 heterocycles. The third kappa shape index (κ3) is 7.44. The molecule has 242 valence electrons. The molecule has 2 saturated heterocycles. The fourth-order valence-corrected chi connectivity index (χ4v) is 8.14. The Bertz CT molecular complexity index is 1130. The zero-order valence-electron chi connectivity index (χ0n) is 27.2. The quantitative estimate of drug-likeness (QED) is 0.152. The van der Waals surface area contributed by atoms with Gasteiger partial charge < -0.3 is 29.0 Å². The third-order valence-electron chi connectivity index (χ3n) is 9.84. The van der Waals surface area contributed by atoms with Gasteiger partial charge in [0.2, 0.25) is 0 Å². The van der Waals surface area contributed by atoms with E-state index in [1.165, 1.54) is 5.57 Å². The number of cyclic esters (lactones) is 1. The average Bonchev–Trinajstić information content (AvgIpc) is 3.24. The van der Waals surface area contributed by atoms with Crippen LogP contribution < -0.4 is 5.32 Å². The van der Waals surface area contributed by atoms with E-state index in [0.29, 0.717) is 36.7 Å². The smallest absolute Gasteiger partial charge is 0.408 e. The Hall–Kier alpha value is -2.04. The van der Waals surface area contributed by atoms with Crippen LogP contribution in [0, 0.1) is 22.7 Å². The van der Waals surface area contributed by atoms with Crippen LogP contribution in [-0.2, 0) is 33.3 Å². The Morgan fingerprint density at radius 2 is 1.91 bits per heavy atom. The maximum atomic E-state index is 13.2. The number of hydrogen-bond acceptors (Lipinski definition) is 9. The summed E-state index contributed by atoms with van der Waals surface area (Å²) >= 11 is 1.56. The zero-order valence-corrected chi connectivity index (χ0v) is 28.0. The molecule has 4 rings (SSSR count). The van der Waals surface area contributed by atoms with Crippen molar-refractivity contribution < 1.29 is 38.1 Å². The van der Waals surface area contributed by atoms with E-state index in [1.54, 1.807) is 32.5 Å². The number of nitrogens with one attached hydrogen (secondary N) is 1. The number of allylic oxidation sites excluding steroid dienone is 2. The van der Waals surface area contributed by atoms with Crippen LogP contribution in [0.15, 0.2) is 23.8 Å². The van der Waals surface area contributed by atoms with Gasteiger partial charge in [-0.25, -0.2) is 14.4 Å². The predicted octanol–water partition coefficient (Wildman–Crippen LogP) is 5.96. The Labute approximate surface area is 261 Å². The first kappa shape index (κ1) is 33.8. The molecule has 10 heteroatoms. The van der Waals surface area contributed by atoms with Gasteiger partial charge in [-0.3, -0.25) is 0 Å². The summed E-state index contributed by atoms with van der Waals surface area (Å²) in [5.74, 6) is -0.506. The van der Waals surface area contributed by atoms with E-state index in [2.05, 4.69) is 25.7 Å². The molecular weight excluding hydrogens is 570 g/mol. The molecule has 3 unspecified atom stereocenters. The van der Waals surface area contributed by atoms with E-state index in [4.69, 9.17) is 23.7 Å². The third-order valence-corrected chi connectivity index (χ3v) is 10.5. The van der Waals surface area contributed by atoms with Crippen molar-refractivity contribution in [2.24, 2.45) is 22.7 Å². The second kappa shape index (κ2) is 12.8. The van der Waals surface area contributed by atoms with Crippen molar-refractivity contribution in [1.29, 1.82) is 0 Å². The maximum Gasteiger partial charge on any atom is 0.408 e. The molecule has 9 nitrogen and oxygen atoms in total. The zero-order chi connectivity index (χ0) is 31.8. The van der Waals surface area contributed by atoms with Crippen molar-refractivity contribution in [2.45, 2.75) is 117 Å². The molecular formula is C33H51NO8S. The van der Waals surface area contributed by atoms with Crippen LogP contribution in [0.5, 0.6) is 0 Å². The standard InChI is InChI=1S/C33H51NO8S/c1-20-10-13-25-32(7,16-14-26-33(25,8)19-39-31(5,6)41-26)22(20)12-11-21-24(18-38-27(21)35)40-28(36)23(15-17-43-9)34-29(37)42-30(2,3)4/h11,22-26H,1,10,12-19H2,2-9H3,(H,34,37)/b21-11-/t22-,23?,24?,25?,26-,32+,33+/m1/s1. The normalized spacial score (nSPS) is 35.4. The van der Waals surface area contributed by atoms with E-state index in [1.807, 2.05) is 26.2 Å². The molecule has 2 aliphatic carbocycles. The molecule has 43 heavy (non-hydrogen) atoms. The van der Waals surface area contributed by atoms with Crippen LogP contribution in [0.1, 0.15) is 87.0 Å². The van der Waals surface area contributed by atoms with Gasteiger partial charge in [0.25, 0.3) is 0 Å². The number of esters is 2.